The van der Waals surface area contributed by atoms with Crippen LogP contribution >= 0.6 is 0 Å². The molecule has 1 saturated heterocycles. The highest BCUT2D eigenvalue weighted by Crippen LogP contribution is 2.62. The molecule has 2 amide bonds. The van der Waals surface area contributed by atoms with Crippen molar-refractivity contribution >= 4 is 17.5 Å². The fourth-order valence-corrected chi connectivity index (χ4v) is 6.54. The van der Waals surface area contributed by atoms with E-state index >= 15 is 0 Å². The summed E-state index contributed by atoms with van der Waals surface area (Å²) in [6.45, 7) is 13.4. The van der Waals surface area contributed by atoms with Crippen molar-refractivity contribution in [1.29, 1.82) is 0 Å². The molecular formula is C32H33NO2. The van der Waals surface area contributed by atoms with Crippen LogP contribution in [0.5, 0.6) is 0 Å². The van der Waals surface area contributed by atoms with Crippen LogP contribution in [0.4, 0.5) is 5.69 Å². The third-order valence-corrected chi connectivity index (χ3v) is 8.38. The number of rotatable bonds is 1. The largest absolute Gasteiger partial charge is 0.274 e. The minimum atomic E-state index is -0.358. The number of benzene rings is 3. The Balaban J connectivity index is 1.59. The molecule has 178 valence electrons. The molecule has 35 heavy (non-hydrogen) atoms. The SMILES string of the molecule is CC(C)(C)c1ccc2c(c1)[C@H]1c3ccc(C(C)(C)C)cc3[C@@H]2[C@H]2C(=O)N(c3ccccc3)C(=O)[C@H]12. The van der Waals surface area contributed by atoms with E-state index in [-0.39, 0.29) is 46.3 Å². The van der Waals surface area contributed by atoms with Crippen LogP contribution in [0, 0.1) is 11.8 Å². The number of anilines is 1. The van der Waals surface area contributed by atoms with Crippen LogP contribution in [0.15, 0.2) is 66.7 Å². The lowest BCUT2D eigenvalue weighted by molar-refractivity contribution is -0.122. The van der Waals surface area contributed by atoms with Crippen molar-refractivity contribution in [3.63, 3.8) is 0 Å². The topological polar surface area (TPSA) is 37.4 Å². The Labute approximate surface area is 208 Å². The highest BCUT2D eigenvalue weighted by Gasteiger charge is 2.62. The summed E-state index contributed by atoms with van der Waals surface area (Å²) in [7, 11) is 0. The summed E-state index contributed by atoms with van der Waals surface area (Å²) in [5.74, 6) is -1.03. The molecule has 1 heterocycles. The van der Waals surface area contributed by atoms with Crippen LogP contribution in [-0.2, 0) is 20.4 Å². The van der Waals surface area contributed by atoms with Gasteiger partial charge in [0.2, 0.25) is 11.8 Å². The average Bonchev–Trinajstić information content (AvgIpc) is 3.08. The highest BCUT2D eigenvalue weighted by molar-refractivity contribution is 6.23. The molecule has 7 rings (SSSR count). The minimum absolute atomic E-state index is 0.00955. The molecule has 3 nitrogen and oxygen atoms in total. The standard InChI is InChI=1S/C32H33NO2/c1-31(2,3)18-12-14-21-23(16-18)25-22-15-13-19(32(4,5)6)17-24(22)26(21)28-27(25)29(34)33(30(28)35)20-10-8-7-9-11-20/h7-17,25-28H,1-6H3/t25-,26-,27-,28-/m1/s1. The van der Waals surface area contributed by atoms with Crippen molar-refractivity contribution in [3.05, 3.63) is 100 Å². The average molecular weight is 464 g/mol. The van der Waals surface area contributed by atoms with Gasteiger partial charge in [-0.25, -0.2) is 4.90 Å². The second kappa shape index (κ2) is 7.16. The maximum absolute atomic E-state index is 14.0. The van der Waals surface area contributed by atoms with Crippen LogP contribution in [0.3, 0.4) is 0 Å². The summed E-state index contributed by atoms with van der Waals surface area (Å²) >= 11 is 0. The van der Waals surface area contributed by atoms with Gasteiger partial charge < -0.3 is 0 Å². The van der Waals surface area contributed by atoms with Crippen LogP contribution in [0.1, 0.15) is 86.8 Å². The first kappa shape index (κ1) is 22.3. The van der Waals surface area contributed by atoms with E-state index < -0.39 is 0 Å². The van der Waals surface area contributed by atoms with Gasteiger partial charge >= 0.3 is 0 Å². The van der Waals surface area contributed by atoms with Gasteiger partial charge in [-0.3, -0.25) is 9.59 Å². The zero-order valence-corrected chi connectivity index (χ0v) is 21.4. The Morgan fingerprint density at radius 2 is 1.00 bits per heavy atom. The first-order valence-electron chi connectivity index (χ1n) is 12.7. The van der Waals surface area contributed by atoms with E-state index in [0.29, 0.717) is 5.69 Å². The molecule has 3 aromatic carbocycles. The summed E-state index contributed by atoms with van der Waals surface area (Å²) in [5, 5.41) is 0. The molecule has 0 N–H and O–H groups in total. The molecule has 0 aromatic heterocycles. The van der Waals surface area contributed by atoms with E-state index in [1.807, 2.05) is 30.3 Å². The number of carbonyl (C=O) groups excluding carboxylic acids is 2. The van der Waals surface area contributed by atoms with Crippen LogP contribution < -0.4 is 4.90 Å². The third kappa shape index (κ3) is 3.10. The molecule has 1 aliphatic heterocycles. The van der Waals surface area contributed by atoms with Crippen molar-refractivity contribution < 1.29 is 9.59 Å². The summed E-state index contributed by atoms with van der Waals surface area (Å²) in [4.78, 5) is 29.4. The number of nitrogens with zero attached hydrogens (tertiary/aromatic N) is 1. The molecule has 3 heteroatoms. The predicted octanol–water partition coefficient (Wildman–Crippen LogP) is 6.68. The quantitative estimate of drug-likeness (QED) is 0.378. The van der Waals surface area contributed by atoms with Crippen molar-refractivity contribution in [1.82, 2.24) is 0 Å². The van der Waals surface area contributed by atoms with Crippen molar-refractivity contribution in [2.45, 2.75) is 64.2 Å². The second-order valence-corrected chi connectivity index (χ2v) is 12.5. The summed E-state index contributed by atoms with van der Waals surface area (Å²) < 4.78 is 0. The van der Waals surface area contributed by atoms with Gasteiger partial charge in [-0.2, -0.15) is 0 Å². The van der Waals surface area contributed by atoms with Gasteiger partial charge in [-0.1, -0.05) is 96.1 Å². The fourth-order valence-electron chi connectivity index (χ4n) is 6.54. The maximum atomic E-state index is 14.0. The maximum Gasteiger partial charge on any atom is 0.238 e. The van der Waals surface area contributed by atoms with Crippen molar-refractivity contribution in [2.24, 2.45) is 11.8 Å². The van der Waals surface area contributed by atoms with Gasteiger partial charge in [0, 0.05) is 11.8 Å². The molecule has 4 atom stereocenters. The van der Waals surface area contributed by atoms with E-state index in [4.69, 9.17) is 0 Å². The molecule has 1 fully saturated rings. The van der Waals surface area contributed by atoms with E-state index in [1.165, 1.54) is 38.3 Å². The van der Waals surface area contributed by atoms with Crippen LogP contribution in [0.2, 0.25) is 0 Å². The van der Waals surface area contributed by atoms with E-state index in [0.717, 1.165) is 0 Å². The monoisotopic (exact) mass is 463 g/mol. The Morgan fingerprint density at radius 1 is 0.571 bits per heavy atom. The van der Waals surface area contributed by atoms with Crippen LogP contribution in [0.25, 0.3) is 0 Å². The Bertz CT molecular complexity index is 1290. The van der Waals surface area contributed by atoms with Crippen molar-refractivity contribution in [2.75, 3.05) is 4.90 Å². The van der Waals surface area contributed by atoms with Gasteiger partial charge in [-0.15, -0.1) is 0 Å². The zero-order valence-electron chi connectivity index (χ0n) is 21.4. The predicted molar refractivity (Wildman–Crippen MR) is 140 cm³/mol. The van der Waals surface area contributed by atoms with Gasteiger partial charge in [0.25, 0.3) is 0 Å². The molecule has 0 saturated carbocycles. The lowest BCUT2D eigenvalue weighted by Gasteiger charge is -2.47. The second-order valence-electron chi connectivity index (χ2n) is 12.5. The Kier molecular flexibility index (Phi) is 4.56. The minimum Gasteiger partial charge on any atom is -0.274 e. The molecule has 0 radical (unpaired) electrons. The smallest absolute Gasteiger partial charge is 0.238 e. The molecule has 0 unspecified atom stereocenters. The zero-order chi connectivity index (χ0) is 24.9. The van der Waals surface area contributed by atoms with E-state index in [2.05, 4.69) is 77.9 Å². The molecule has 3 aliphatic carbocycles. The molecular weight excluding hydrogens is 430 g/mol. The van der Waals surface area contributed by atoms with Gasteiger partial charge in [-0.05, 0) is 56.3 Å². The highest BCUT2D eigenvalue weighted by atomic mass is 16.2. The van der Waals surface area contributed by atoms with E-state index in [9.17, 15) is 9.59 Å². The molecule has 0 spiro atoms. The number of amides is 2. The normalized spacial score (nSPS) is 24.9. The van der Waals surface area contributed by atoms with E-state index in [1.54, 1.807) is 0 Å². The number of hydrogen-bond acceptors (Lipinski definition) is 2. The summed E-state index contributed by atoms with van der Waals surface area (Å²) in [6.07, 6.45) is 0. The summed E-state index contributed by atoms with van der Waals surface area (Å²) in [5.41, 5.74) is 8.14. The lowest BCUT2D eigenvalue weighted by Crippen LogP contribution is -2.42. The number of hydrogen-bond donors (Lipinski definition) is 0. The number of para-hydroxylation sites is 1. The first-order chi connectivity index (χ1) is 16.5. The molecule has 4 aliphatic rings. The Morgan fingerprint density at radius 3 is 1.40 bits per heavy atom. The summed E-state index contributed by atoms with van der Waals surface area (Å²) in [6, 6.07) is 23.0. The number of carbonyl (C=O) groups is 2. The van der Waals surface area contributed by atoms with Gasteiger partial charge in [0.15, 0.2) is 0 Å². The fraction of sp³-hybridized carbons (Fsp3) is 0.375. The van der Waals surface area contributed by atoms with Gasteiger partial charge in [0.05, 0.1) is 17.5 Å². The third-order valence-electron chi connectivity index (χ3n) is 8.38. The van der Waals surface area contributed by atoms with Crippen LogP contribution in [-0.4, -0.2) is 11.8 Å². The lowest BCUT2D eigenvalue weighted by atomic mass is 9.54. The molecule has 3 aromatic rings. The number of imide groups is 1. The first-order valence-corrected chi connectivity index (χ1v) is 12.7. The Hall–Kier alpha value is -3.20. The van der Waals surface area contributed by atoms with Gasteiger partial charge in [0.1, 0.15) is 0 Å². The van der Waals surface area contributed by atoms with Crippen molar-refractivity contribution in [3.8, 4) is 0 Å². The molecule has 2 bridgehead atoms.